The Labute approximate surface area is 173 Å². The van der Waals surface area contributed by atoms with Crippen molar-refractivity contribution in [2.24, 2.45) is 0 Å². The molecule has 0 heterocycles. The Morgan fingerprint density at radius 3 is 2.34 bits per heavy atom. The van der Waals surface area contributed by atoms with Gasteiger partial charge in [0.15, 0.2) is 0 Å². The molecule has 6 nitrogen and oxygen atoms in total. The average Bonchev–Trinajstić information content (AvgIpc) is 2.64. The van der Waals surface area contributed by atoms with E-state index in [0.717, 1.165) is 16.7 Å². The molecule has 0 aliphatic carbocycles. The van der Waals surface area contributed by atoms with Gasteiger partial charge in [-0.15, -0.1) is 0 Å². The molecule has 2 rings (SSSR count). The summed E-state index contributed by atoms with van der Waals surface area (Å²) in [7, 11) is -3.42. The fourth-order valence-electron chi connectivity index (χ4n) is 3.08. The van der Waals surface area contributed by atoms with Gasteiger partial charge in [-0.25, -0.2) is 8.42 Å². The molecule has 0 fully saturated rings. The monoisotopic (exact) mass is 418 g/mol. The summed E-state index contributed by atoms with van der Waals surface area (Å²) in [5.74, 6) is -0.109. The number of anilines is 1. The highest BCUT2D eigenvalue weighted by molar-refractivity contribution is 7.92. The van der Waals surface area contributed by atoms with E-state index in [0.29, 0.717) is 31.9 Å². The van der Waals surface area contributed by atoms with Gasteiger partial charge in [0.25, 0.3) is 0 Å². The zero-order valence-electron chi connectivity index (χ0n) is 17.3. The molecule has 0 aliphatic rings. The van der Waals surface area contributed by atoms with E-state index in [1.165, 1.54) is 10.6 Å². The topological polar surface area (TPSA) is 75.7 Å². The molecule has 0 atom stereocenters. The lowest BCUT2D eigenvalue weighted by atomic mass is 10.1. The van der Waals surface area contributed by atoms with Crippen molar-refractivity contribution in [2.45, 2.75) is 33.3 Å². The second-order valence-corrected chi connectivity index (χ2v) is 9.08. The first kappa shape index (κ1) is 22.9. The summed E-state index contributed by atoms with van der Waals surface area (Å²) in [5.41, 5.74) is 3.73. The molecule has 0 saturated carbocycles. The van der Waals surface area contributed by atoms with Crippen molar-refractivity contribution in [3.05, 3.63) is 65.2 Å². The maximum atomic E-state index is 12.2. The fraction of sp³-hybridized carbons (Fsp3) is 0.409. The second kappa shape index (κ2) is 11.0. The number of benzene rings is 2. The van der Waals surface area contributed by atoms with E-state index >= 15 is 0 Å². The van der Waals surface area contributed by atoms with E-state index in [9.17, 15) is 13.2 Å². The number of nitrogens with one attached hydrogen (secondary N) is 1. The Kier molecular flexibility index (Phi) is 8.67. The Bertz CT molecular complexity index is 878. The number of carbonyl (C=O) groups excluding carboxylic acids is 1. The minimum Gasteiger partial charge on any atom is -0.375 e. The van der Waals surface area contributed by atoms with Crippen LogP contribution in [-0.2, 0) is 26.2 Å². The molecule has 0 spiro atoms. The molecular weight excluding hydrogens is 388 g/mol. The highest BCUT2D eigenvalue weighted by Crippen LogP contribution is 2.21. The van der Waals surface area contributed by atoms with Gasteiger partial charge in [-0.1, -0.05) is 36.4 Å². The minimum atomic E-state index is -3.42. The van der Waals surface area contributed by atoms with Crippen molar-refractivity contribution in [3.63, 3.8) is 0 Å². The van der Waals surface area contributed by atoms with Crippen LogP contribution in [0.25, 0.3) is 0 Å². The number of rotatable bonds is 11. The van der Waals surface area contributed by atoms with E-state index in [1.807, 2.05) is 62.4 Å². The normalized spacial score (nSPS) is 11.3. The lowest BCUT2D eigenvalue weighted by Gasteiger charge is -2.23. The molecule has 0 aromatic heterocycles. The van der Waals surface area contributed by atoms with E-state index in [2.05, 4.69) is 5.32 Å². The molecule has 0 radical (unpaired) electrons. The summed E-state index contributed by atoms with van der Waals surface area (Å²) in [6, 6.07) is 15.5. The molecule has 0 aliphatic heterocycles. The molecule has 7 heteroatoms. The van der Waals surface area contributed by atoms with Gasteiger partial charge in [-0.3, -0.25) is 9.10 Å². The lowest BCUT2D eigenvalue weighted by Crippen LogP contribution is -2.32. The van der Waals surface area contributed by atoms with Crippen LogP contribution in [-0.4, -0.2) is 40.3 Å². The van der Waals surface area contributed by atoms with Crippen LogP contribution in [0.1, 0.15) is 29.5 Å². The second-order valence-electron chi connectivity index (χ2n) is 7.17. The summed E-state index contributed by atoms with van der Waals surface area (Å²) in [4.78, 5) is 12.0. The predicted octanol–water partition coefficient (Wildman–Crippen LogP) is 3.18. The molecule has 2 aromatic carbocycles. The summed E-state index contributed by atoms with van der Waals surface area (Å²) < 4.78 is 31.3. The molecule has 0 unspecified atom stereocenters. The van der Waals surface area contributed by atoms with Gasteiger partial charge >= 0.3 is 0 Å². The average molecular weight is 419 g/mol. The number of carbonyl (C=O) groups is 1. The first-order chi connectivity index (χ1) is 13.8. The molecule has 0 saturated heterocycles. The van der Waals surface area contributed by atoms with Crippen molar-refractivity contribution >= 4 is 21.6 Å². The smallest absolute Gasteiger partial charge is 0.232 e. The van der Waals surface area contributed by atoms with Crippen LogP contribution in [0.5, 0.6) is 0 Å². The zero-order chi connectivity index (χ0) is 21.3. The standard InChI is InChI=1S/C22H30N2O4S/c1-18-14-19(2)16-21(15-18)24(29(3,26)27)12-7-10-22(25)23-11-13-28-17-20-8-5-4-6-9-20/h4-6,8-9,14-16H,7,10-13,17H2,1-3H3,(H,23,25). The van der Waals surface area contributed by atoms with Crippen LogP contribution >= 0.6 is 0 Å². The number of aryl methyl sites for hydroxylation is 2. The molecule has 1 amide bonds. The summed E-state index contributed by atoms with van der Waals surface area (Å²) in [6.45, 7) is 5.50. The molecule has 1 N–H and O–H groups in total. The van der Waals surface area contributed by atoms with Gasteiger partial charge in [-0.2, -0.15) is 0 Å². The van der Waals surface area contributed by atoms with Gasteiger partial charge in [0, 0.05) is 19.5 Å². The fourth-order valence-corrected chi connectivity index (χ4v) is 4.03. The van der Waals surface area contributed by atoms with Gasteiger partial charge in [-0.05, 0) is 49.1 Å². The van der Waals surface area contributed by atoms with Crippen molar-refractivity contribution in [1.82, 2.24) is 5.32 Å². The van der Waals surface area contributed by atoms with Gasteiger partial charge in [0.2, 0.25) is 15.9 Å². The van der Waals surface area contributed by atoms with E-state index in [-0.39, 0.29) is 18.9 Å². The first-order valence-corrected chi connectivity index (χ1v) is 11.5. The Morgan fingerprint density at radius 2 is 1.72 bits per heavy atom. The summed E-state index contributed by atoms with van der Waals surface area (Å²) in [5, 5.41) is 2.81. The van der Waals surface area contributed by atoms with Crippen LogP contribution < -0.4 is 9.62 Å². The molecule has 2 aromatic rings. The Balaban J connectivity index is 1.73. The Morgan fingerprint density at radius 1 is 1.07 bits per heavy atom. The lowest BCUT2D eigenvalue weighted by molar-refractivity contribution is -0.121. The van der Waals surface area contributed by atoms with Gasteiger partial charge < -0.3 is 10.1 Å². The minimum absolute atomic E-state index is 0.109. The van der Waals surface area contributed by atoms with Crippen molar-refractivity contribution in [3.8, 4) is 0 Å². The van der Waals surface area contributed by atoms with Crippen LogP contribution in [0.4, 0.5) is 5.69 Å². The first-order valence-electron chi connectivity index (χ1n) is 9.70. The quantitative estimate of drug-likeness (QED) is 0.569. The number of hydrogen-bond acceptors (Lipinski definition) is 4. The predicted molar refractivity (Wildman–Crippen MR) is 116 cm³/mol. The highest BCUT2D eigenvalue weighted by atomic mass is 32.2. The van der Waals surface area contributed by atoms with Gasteiger partial charge in [0.1, 0.15) is 0 Å². The van der Waals surface area contributed by atoms with E-state index < -0.39 is 10.0 Å². The van der Waals surface area contributed by atoms with Crippen molar-refractivity contribution < 1.29 is 17.9 Å². The number of sulfonamides is 1. The van der Waals surface area contributed by atoms with Crippen molar-refractivity contribution in [2.75, 3.05) is 30.3 Å². The van der Waals surface area contributed by atoms with Crippen molar-refractivity contribution in [1.29, 1.82) is 0 Å². The third-order valence-corrected chi connectivity index (χ3v) is 5.53. The number of nitrogens with zero attached hydrogens (tertiary/aromatic N) is 1. The number of hydrogen-bond donors (Lipinski definition) is 1. The third-order valence-electron chi connectivity index (χ3n) is 4.34. The van der Waals surface area contributed by atoms with Crippen LogP contribution in [0.3, 0.4) is 0 Å². The van der Waals surface area contributed by atoms with Crippen LogP contribution in [0.2, 0.25) is 0 Å². The molecule has 158 valence electrons. The SMILES string of the molecule is Cc1cc(C)cc(N(CCCC(=O)NCCOCc2ccccc2)S(C)(=O)=O)c1. The summed E-state index contributed by atoms with van der Waals surface area (Å²) >= 11 is 0. The number of amides is 1. The molecule has 0 bridgehead atoms. The highest BCUT2D eigenvalue weighted by Gasteiger charge is 2.18. The van der Waals surface area contributed by atoms with Crippen LogP contribution in [0, 0.1) is 13.8 Å². The molecular formula is C22H30N2O4S. The molecule has 29 heavy (non-hydrogen) atoms. The maximum absolute atomic E-state index is 12.2. The zero-order valence-corrected chi connectivity index (χ0v) is 18.2. The van der Waals surface area contributed by atoms with Gasteiger partial charge in [0.05, 0.1) is 25.2 Å². The number of ether oxygens (including phenoxy) is 1. The Hall–Kier alpha value is -2.38. The van der Waals surface area contributed by atoms with E-state index in [4.69, 9.17) is 4.74 Å². The largest absolute Gasteiger partial charge is 0.375 e. The maximum Gasteiger partial charge on any atom is 0.232 e. The van der Waals surface area contributed by atoms with Crippen LogP contribution in [0.15, 0.2) is 48.5 Å². The van der Waals surface area contributed by atoms with E-state index in [1.54, 1.807) is 0 Å². The summed E-state index contributed by atoms with van der Waals surface area (Å²) in [6.07, 6.45) is 1.89. The third kappa shape index (κ3) is 8.25.